The molecule has 0 atom stereocenters. The van der Waals surface area contributed by atoms with E-state index in [0.29, 0.717) is 37.1 Å². The van der Waals surface area contributed by atoms with Gasteiger partial charge in [-0.3, -0.25) is 14.5 Å². The third-order valence-electron chi connectivity index (χ3n) is 5.94. The predicted molar refractivity (Wildman–Crippen MR) is 165 cm³/mol. The molecule has 1 fully saturated rings. The van der Waals surface area contributed by atoms with Crippen LogP contribution in [0.4, 0.5) is 11.4 Å². The Kier molecular flexibility index (Phi) is 8.50. The molecule has 1 aliphatic heterocycles. The number of hydrogen-bond donors (Lipinski definition) is 1. The Balaban J connectivity index is 1.22. The van der Waals surface area contributed by atoms with Crippen molar-refractivity contribution in [3.05, 3.63) is 118 Å². The Morgan fingerprint density at radius 3 is 2.42 bits per heavy atom. The van der Waals surface area contributed by atoms with Gasteiger partial charge in [0.25, 0.3) is 11.8 Å². The van der Waals surface area contributed by atoms with Crippen LogP contribution in [0.2, 0.25) is 5.02 Å². The number of carbonyl (C=O) groups excluding carboxylic acids is 2. The van der Waals surface area contributed by atoms with Crippen LogP contribution in [0.3, 0.4) is 0 Å². The number of ether oxygens (including phenoxy) is 2. The zero-order valence-electron chi connectivity index (χ0n) is 21.3. The van der Waals surface area contributed by atoms with Crippen molar-refractivity contribution in [3.8, 4) is 17.2 Å². The summed E-state index contributed by atoms with van der Waals surface area (Å²) in [6.07, 6.45) is 1.76. The van der Waals surface area contributed by atoms with Gasteiger partial charge in [0.05, 0.1) is 10.6 Å². The van der Waals surface area contributed by atoms with Crippen molar-refractivity contribution < 1.29 is 19.1 Å². The van der Waals surface area contributed by atoms with Crippen molar-refractivity contribution in [1.82, 2.24) is 0 Å². The smallest absolute Gasteiger partial charge is 0.270 e. The van der Waals surface area contributed by atoms with Gasteiger partial charge in [0.2, 0.25) is 0 Å². The zero-order chi connectivity index (χ0) is 28.1. The van der Waals surface area contributed by atoms with Crippen molar-refractivity contribution in [2.75, 3.05) is 16.8 Å². The monoisotopic (exact) mass is 586 g/mol. The highest BCUT2D eigenvalue weighted by Gasteiger charge is 2.33. The lowest BCUT2D eigenvalue weighted by atomic mass is 10.2. The highest BCUT2D eigenvalue weighted by atomic mass is 35.5. The molecule has 9 heteroatoms. The van der Waals surface area contributed by atoms with E-state index in [1.807, 2.05) is 43.3 Å². The summed E-state index contributed by atoms with van der Waals surface area (Å²) in [5, 5.41) is 3.38. The van der Waals surface area contributed by atoms with Crippen molar-refractivity contribution >= 4 is 69.2 Å². The van der Waals surface area contributed by atoms with E-state index in [0.717, 1.165) is 16.9 Å². The first-order valence-corrected chi connectivity index (χ1v) is 13.9. The number of benzene rings is 4. The van der Waals surface area contributed by atoms with Crippen LogP contribution in [-0.4, -0.2) is 22.7 Å². The van der Waals surface area contributed by atoms with Gasteiger partial charge in [-0.05, 0) is 84.8 Å². The summed E-state index contributed by atoms with van der Waals surface area (Å²) in [5.74, 6) is 1.36. The summed E-state index contributed by atoms with van der Waals surface area (Å²) >= 11 is 12.9. The van der Waals surface area contributed by atoms with Gasteiger partial charge < -0.3 is 14.8 Å². The van der Waals surface area contributed by atoms with Crippen molar-refractivity contribution in [2.45, 2.75) is 6.92 Å². The second-order valence-electron chi connectivity index (χ2n) is 8.75. The second kappa shape index (κ2) is 12.4. The number of nitrogens with zero attached hydrogens (tertiary/aromatic N) is 1. The molecule has 0 aliphatic carbocycles. The maximum atomic E-state index is 13.2. The molecule has 0 unspecified atom stereocenters. The molecule has 1 aliphatic rings. The van der Waals surface area contributed by atoms with Crippen LogP contribution >= 0.6 is 35.6 Å². The lowest BCUT2D eigenvalue weighted by Crippen LogP contribution is -2.27. The molecule has 4 aromatic carbocycles. The summed E-state index contributed by atoms with van der Waals surface area (Å²) in [6.45, 7) is 1.65. The summed E-state index contributed by atoms with van der Waals surface area (Å²) in [5.41, 5.74) is 2.82. The quantitative estimate of drug-likeness (QED) is 0.167. The molecular formula is C31H23ClN2O4S2. The summed E-state index contributed by atoms with van der Waals surface area (Å²) in [6, 6.07) is 29.2. The van der Waals surface area contributed by atoms with E-state index in [1.165, 1.54) is 16.7 Å². The highest BCUT2D eigenvalue weighted by molar-refractivity contribution is 8.27. The Morgan fingerprint density at radius 2 is 1.65 bits per heavy atom. The van der Waals surface area contributed by atoms with Crippen LogP contribution in [0.5, 0.6) is 17.2 Å². The zero-order valence-corrected chi connectivity index (χ0v) is 23.7. The molecule has 1 N–H and O–H groups in total. The minimum absolute atomic E-state index is 0.179. The van der Waals surface area contributed by atoms with Crippen molar-refractivity contribution in [2.24, 2.45) is 0 Å². The fourth-order valence-corrected chi connectivity index (χ4v) is 5.38. The van der Waals surface area contributed by atoms with Crippen LogP contribution in [-0.2, 0) is 9.59 Å². The molecule has 1 heterocycles. The van der Waals surface area contributed by atoms with Crippen LogP contribution in [0.25, 0.3) is 6.08 Å². The molecule has 6 nitrogen and oxygen atoms in total. The number of halogens is 1. The number of rotatable bonds is 8. The number of thiocarbonyl (C=S) groups is 1. The normalized spacial score (nSPS) is 13.9. The largest absolute Gasteiger partial charge is 0.484 e. The fourth-order valence-electron chi connectivity index (χ4n) is 3.90. The number of carbonyl (C=O) groups is 2. The lowest BCUT2D eigenvalue weighted by molar-refractivity contribution is -0.118. The molecule has 40 heavy (non-hydrogen) atoms. The Morgan fingerprint density at radius 1 is 0.950 bits per heavy atom. The van der Waals surface area contributed by atoms with Gasteiger partial charge in [-0.15, -0.1) is 0 Å². The standard InChI is InChI=1S/C31H23ClN2O4S2/c1-20-26(32)11-6-12-27(20)33-29(35)19-37-25-10-5-7-21(17-25)18-28-30(36)34(31(39)40-28)22-13-15-24(16-14-22)38-23-8-3-2-4-9-23/h2-18H,19H2,1H3,(H,33,35)/b28-18-. The molecule has 2 amide bonds. The van der Waals surface area contributed by atoms with Gasteiger partial charge in [0.1, 0.15) is 17.2 Å². The topological polar surface area (TPSA) is 67.9 Å². The number of para-hydroxylation sites is 1. The predicted octanol–water partition coefficient (Wildman–Crippen LogP) is 7.86. The third kappa shape index (κ3) is 6.54. The molecule has 4 aromatic rings. The van der Waals surface area contributed by atoms with Crippen molar-refractivity contribution in [1.29, 1.82) is 0 Å². The maximum absolute atomic E-state index is 13.2. The number of hydrogen-bond acceptors (Lipinski definition) is 6. The van der Waals surface area contributed by atoms with E-state index < -0.39 is 0 Å². The summed E-state index contributed by atoms with van der Waals surface area (Å²) in [7, 11) is 0. The molecule has 0 bridgehead atoms. The third-order valence-corrected chi connectivity index (χ3v) is 7.65. The molecular weight excluding hydrogens is 564 g/mol. The molecule has 200 valence electrons. The minimum Gasteiger partial charge on any atom is -0.484 e. The first kappa shape index (κ1) is 27.5. The van der Waals surface area contributed by atoms with E-state index in [1.54, 1.807) is 66.7 Å². The number of thioether (sulfide) groups is 1. The molecule has 5 rings (SSSR count). The Bertz CT molecular complexity index is 1610. The Hall–Kier alpha value is -4.11. The average Bonchev–Trinajstić information content (AvgIpc) is 3.23. The second-order valence-corrected chi connectivity index (χ2v) is 10.8. The number of anilines is 2. The van der Waals surface area contributed by atoms with Gasteiger partial charge in [-0.2, -0.15) is 0 Å². The summed E-state index contributed by atoms with van der Waals surface area (Å²) in [4.78, 5) is 27.6. The SMILES string of the molecule is Cc1c(Cl)cccc1NC(=O)COc1cccc(/C=C2\SC(=S)N(c3ccc(Oc4ccccc4)cc3)C2=O)c1. The van der Waals surface area contributed by atoms with Gasteiger partial charge in [0.15, 0.2) is 10.9 Å². The first-order valence-electron chi connectivity index (χ1n) is 12.3. The molecule has 0 saturated carbocycles. The fraction of sp³-hybridized carbons (Fsp3) is 0.0645. The van der Waals surface area contributed by atoms with Gasteiger partial charge >= 0.3 is 0 Å². The van der Waals surface area contributed by atoms with E-state index in [-0.39, 0.29) is 18.4 Å². The van der Waals surface area contributed by atoms with Crippen LogP contribution in [0.1, 0.15) is 11.1 Å². The van der Waals surface area contributed by atoms with E-state index in [4.69, 9.17) is 33.3 Å². The van der Waals surface area contributed by atoms with E-state index in [9.17, 15) is 9.59 Å². The maximum Gasteiger partial charge on any atom is 0.270 e. The number of nitrogens with one attached hydrogen (secondary N) is 1. The molecule has 0 radical (unpaired) electrons. The van der Waals surface area contributed by atoms with Crippen LogP contribution < -0.4 is 19.7 Å². The highest BCUT2D eigenvalue weighted by Crippen LogP contribution is 2.37. The van der Waals surface area contributed by atoms with Crippen molar-refractivity contribution in [3.63, 3.8) is 0 Å². The minimum atomic E-state index is -0.308. The first-order chi connectivity index (χ1) is 19.4. The Labute approximate surface area is 246 Å². The van der Waals surface area contributed by atoms with E-state index in [2.05, 4.69) is 5.32 Å². The van der Waals surface area contributed by atoms with Gasteiger partial charge in [-0.25, -0.2) is 0 Å². The molecule has 1 saturated heterocycles. The molecule has 0 aromatic heterocycles. The van der Waals surface area contributed by atoms with Gasteiger partial charge in [-0.1, -0.05) is 72.0 Å². The van der Waals surface area contributed by atoms with Crippen LogP contribution in [0, 0.1) is 6.92 Å². The summed E-state index contributed by atoms with van der Waals surface area (Å²) < 4.78 is 12.0. The number of amides is 2. The van der Waals surface area contributed by atoms with E-state index >= 15 is 0 Å². The average molecular weight is 587 g/mol. The molecule has 0 spiro atoms. The lowest BCUT2D eigenvalue weighted by Gasteiger charge is -2.15. The van der Waals surface area contributed by atoms with Crippen LogP contribution in [0.15, 0.2) is 102 Å². The van der Waals surface area contributed by atoms with Gasteiger partial charge in [0, 0.05) is 10.7 Å².